The molecule has 0 bridgehead atoms. The first-order valence-electron chi connectivity index (χ1n) is 11.8. The van der Waals surface area contributed by atoms with Gasteiger partial charge in [0.1, 0.15) is 67.1 Å². The predicted molar refractivity (Wildman–Crippen MR) is 116 cm³/mol. The van der Waals surface area contributed by atoms with Crippen molar-refractivity contribution >= 4 is 5.91 Å². The Kier molecular flexibility index (Phi) is 10.6. The second-order valence-electron chi connectivity index (χ2n) is 9.26. The number of carbonyl (C=O) groups excluding carboxylic acids is 1. The summed E-state index contributed by atoms with van der Waals surface area (Å²) in [6.07, 6.45) is -20.7. The summed E-state index contributed by atoms with van der Waals surface area (Å²) in [6, 6.07) is -1.15. The molecule has 3 saturated heterocycles. The monoisotopic (exact) mass is 543 g/mol. The summed E-state index contributed by atoms with van der Waals surface area (Å²) in [4.78, 5) is 11.7. The quantitative estimate of drug-likeness (QED) is 0.138. The minimum absolute atomic E-state index is 0.525. The maximum atomic E-state index is 11.7. The van der Waals surface area contributed by atoms with Gasteiger partial charge in [-0.15, -0.1) is 0 Å². The molecule has 0 unspecified atom stereocenters. The van der Waals surface area contributed by atoms with Gasteiger partial charge in [0, 0.05) is 14.0 Å². The zero-order chi connectivity index (χ0) is 27.6. The van der Waals surface area contributed by atoms with Crippen LogP contribution in [-0.2, 0) is 33.2 Å². The third-order valence-corrected chi connectivity index (χ3v) is 6.70. The van der Waals surface area contributed by atoms with Crippen molar-refractivity contribution in [1.82, 2.24) is 5.32 Å². The van der Waals surface area contributed by atoms with E-state index in [-0.39, 0.29) is 0 Å². The largest absolute Gasteiger partial charge is 0.394 e. The highest BCUT2D eigenvalue weighted by atomic mass is 16.8. The van der Waals surface area contributed by atoms with Gasteiger partial charge < -0.3 is 74.6 Å². The third-order valence-electron chi connectivity index (χ3n) is 6.70. The summed E-state index contributed by atoms with van der Waals surface area (Å²) in [7, 11) is 1.26. The topological polar surface area (TPSA) is 246 Å². The van der Waals surface area contributed by atoms with Crippen LogP contribution in [0.4, 0.5) is 0 Å². The zero-order valence-corrected chi connectivity index (χ0v) is 20.5. The van der Waals surface area contributed by atoms with Gasteiger partial charge in [-0.2, -0.15) is 0 Å². The Bertz CT molecular complexity index is 747. The molecule has 9 N–H and O–H groups in total. The van der Waals surface area contributed by atoms with Gasteiger partial charge in [0.2, 0.25) is 5.91 Å². The molecule has 3 rings (SSSR count). The van der Waals surface area contributed by atoms with Crippen LogP contribution in [0, 0.1) is 0 Å². The number of carbonyl (C=O) groups is 1. The Morgan fingerprint density at radius 3 is 1.95 bits per heavy atom. The van der Waals surface area contributed by atoms with Crippen LogP contribution in [0.1, 0.15) is 13.8 Å². The zero-order valence-electron chi connectivity index (χ0n) is 20.5. The molecule has 0 radical (unpaired) electrons. The molecule has 16 nitrogen and oxygen atoms in total. The van der Waals surface area contributed by atoms with E-state index in [0.29, 0.717) is 0 Å². The van der Waals surface area contributed by atoms with E-state index in [9.17, 15) is 45.6 Å². The summed E-state index contributed by atoms with van der Waals surface area (Å²) >= 11 is 0. The van der Waals surface area contributed by atoms with Crippen molar-refractivity contribution in [2.24, 2.45) is 0 Å². The lowest BCUT2D eigenvalue weighted by Gasteiger charge is -2.49. The van der Waals surface area contributed by atoms with Gasteiger partial charge in [0.05, 0.1) is 19.3 Å². The highest BCUT2D eigenvalue weighted by Gasteiger charge is 2.54. The summed E-state index contributed by atoms with van der Waals surface area (Å²) in [5.41, 5.74) is 0. The molecule has 37 heavy (non-hydrogen) atoms. The van der Waals surface area contributed by atoms with Crippen LogP contribution < -0.4 is 5.32 Å². The fraction of sp³-hybridized carbons (Fsp3) is 0.952. The van der Waals surface area contributed by atoms with Crippen LogP contribution in [0.3, 0.4) is 0 Å². The molecule has 0 spiro atoms. The molecule has 0 saturated carbocycles. The Morgan fingerprint density at radius 1 is 0.757 bits per heavy atom. The summed E-state index contributed by atoms with van der Waals surface area (Å²) in [5.74, 6) is -0.525. The van der Waals surface area contributed by atoms with Crippen molar-refractivity contribution in [3.05, 3.63) is 0 Å². The number of aliphatic hydroxyl groups is 8. The van der Waals surface area contributed by atoms with Crippen molar-refractivity contribution < 1.29 is 74.1 Å². The number of methoxy groups -OCH3 is 1. The highest BCUT2D eigenvalue weighted by Crippen LogP contribution is 2.33. The number of amides is 1. The van der Waals surface area contributed by atoms with E-state index in [1.807, 2.05) is 0 Å². The fourth-order valence-corrected chi connectivity index (χ4v) is 4.65. The van der Waals surface area contributed by atoms with Gasteiger partial charge in [0.25, 0.3) is 0 Å². The van der Waals surface area contributed by atoms with Gasteiger partial charge >= 0.3 is 0 Å². The SMILES string of the molecule is CO[C@@H]1[C@@H](NC(C)=O)[C@H](O)O[C@H](CO)[C@H]1O[C@@H]1O[C@H](CO)[C@H](O)[C@H](O)[C@H]1O[C@@H]1O[C@@H](C)[C@@H](O)[C@@H](O)[C@@H]1O. The van der Waals surface area contributed by atoms with Gasteiger partial charge in [-0.1, -0.05) is 0 Å². The number of hydrogen-bond acceptors (Lipinski definition) is 15. The Morgan fingerprint density at radius 2 is 1.38 bits per heavy atom. The Balaban J connectivity index is 1.89. The molecule has 0 aromatic heterocycles. The summed E-state index contributed by atoms with van der Waals surface area (Å²) in [5, 5.41) is 83.9. The molecule has 15 atom stereocenters. The van der Waals surface area contributed by atoms with Crippen LogP contribution in [-0.4, -0.2) is 159 Å². The average molecular weight is 544 g/mol. The molecule has 3 aliphatic rings. The van der Waals surface area contributed by atoms with E-state index >= 15 is 0 Å². The molecule has 3 heterocycles. The highest BCUT2D eigenvalue weighted by molar-refractivity contribution is 5.73. The molecular weight excluding hydrogens is 506 g/mol. The Labute approximate surface area is 212 Å². The van der Waals surface area contributed by atoms with Crippen molar-refractivity contribution in [3.63, 3.8) is 0 Å². The first kappa shape index (κ1) is 30.5. The van der Waals surface area contributed by atoms with E-state index in [1.54, 1.807) is 0 Å². The lowest BCUT2D eigenvalue weighted by atomic mass is 9.95. The maximum Gasteiger partial charge on any atom is 0.217 e. The standard InChI is InChI=1S/C21H37NO15/c1-6-11(26)13(28)15(30)20(33-6)37-18-14(29)12(27)8(4-23)35-21(18)36-16-9(5-24)34-19(31)10(17(16)32-3)22-7(2)25/h6,8-21,23-24,26-31H,4-5H2,1-3H3,(H,22,25)/t6-,8+,9+,10+,11+,12-,13+,14-,15-,16+,17+,18+,19+,20-,21-/m0/s1. The van der Waals surface area contributed by atoms with E-state index in [4.69, 9.17) is 28.4 Å². The second kappa shape index (κ2) is 12.8. The van der Waals surface area contributed by atoms with E-state index in [0.717, 1.165) is 0 Å². The number of nitrogens with one attached hydrogen (secondary N) is 1. The van der Waals surface area contributed by atoms with Crippen molar-refractivity contribution in [2.75, 3.05) is 20.3 Å². The molecule has 0 aromatic rings. The Hall–Kier alpha value is -1.09. The number of ether oxygens (including phenoxy) is 6. The van der Waals surface area contributed by atoms with Crippen LogP contribution in [0.25, 0.3) is 0 Å². The second-order valence-corrected chi connectivity index (χ2v) is 9.26. The third kappa shape index (κ3) is 6.39. The average Bonchev–Trinajstić information content (AvgIpc) is 2.86. The van der Waals surface area contributed by atoms with Crippen molar-refractivity contribution in [1.29, 1.82) is 0 Å². The molecular formula is C21H37NO15. The van der Waals surface area contributed by atoms with Gasteiger partial charge in [-0.25, -0.2) is 0 Å². The first-order valence-corrected chi connectivity index (χ1v) is 11.8. The van der Waals surface area contributed by atoms with E-state index in [1.165, 1.54) is 21.0 Å². The normalized spacial score (nSPS) is 49.0. The lowest BCUT2D eigenvalue weighted by molar-refractivity contribution is -0.382. The summed E-state index contributed by atoms with van der Waals surface area (Å²) < 4.78 is 33.5. The number of aliphatic hydroxyl groups excluding tert-OH is 8. The van der Waals surface area contributed by atoms with Crippen LogP contribution in [0.5, 0.6) is 0 Å². The summed E-state index contributed by atoms with van der Waals surface area (Å²) in [6.45, 7) is 1.21. The van der Waals surface area contributed by atoms with Crippen LogP contribution in [0.2, 0.25) is 0 Å². The number of rotatable bonds is 8. The molecule has 1 amide bonds. The van der Waals surface area contributed by atoms with Gasteiger partial charge in [0.15, 0.2) is 18.9 Å². The van der Waals surface area contributed by atoms with E-state index < -0.39 is 111 Å². The minimum Gasteiger partial charge on any atom is -0.394 e. The van der Waals surface area contributed by atoms with Crippen LogP contribution in [0.15, 0.2) is 0 Å². The molecule has 3 fully saturated rings. The lowest BCUT2D eigenvalue weighted by Crippen LogP contribution is -2.68. The molecule has 0 aliphatic carbocycles. The maximum absolute atomic E-state index is 11.7. The first-order chi connectivity index (χ1) is 17.4. The predicted octanol–water partition coefficient (Wildman–Crippen LogP) is -5.75. The minimum atomic E-state index is -1.78. The molecule has 3 aliphatic heterocycles. The van der Waals surface area contributed by atoms with Crippen molar-refractivity contribution in [3.8, 4) is 0 Å². The molecule has 0 aromatic carbocycles. The van der Waals surface area contributed by atoms with E-state index in [2.05, 4.69) is 5.32 Å². The fourth-order valence-electron chi connectivity index (χ4n) is 4.65. The van der Waals surface area contributed by atoms with Crippen molar-refractivity contribution in [2.45, 2.75) is 106 Å². The number of hydrogen-bond donors (Lipinski definition) is 9. The van der Waals surface area contributed by atoms with Gasteiger partial charge in [-0.05, 0) is 6.92 Å². The van der Waals surface area contributed by atoms with Gasteiger partial charge in [-0.3, -0.25) is 4.79 Å². The van der Waals surface area contributed by atoms with Crippen LogP contribution >= 0.6 is 0 Å². The smallest absolute Gasteiger partial charge is 0.217 e. The molecule has 16 heteroatoms. The molecule has 216 valence electrons.